The van der Waals surface area contributed by atoms with Crippen molar-refractivity contribution >= 4 is 0 Å². The molecule has 2 saturated heterocycles. The average Bonchev–Trinajstić information content (AvgIpc) is 2.73. The van der Waals surface area contributed by atoms with E-state index < -0.39 is 49.0 Å². The lowest BCUT2D eigenvalue weighted by atomic mass is 9.94. The third kappa shape index (κ3) is 5.27. The first-order valence-electron chi connectivity index (χ1n) is 9.71. The minimum Gasteiger partial charge on any atom is -0.394 e. The molecule has 10 atom stereocenters. The van der Waals surface area contributed by atoms with Gasteiger partial charge < -0.3 is 47.7 Å². The molecule has 172 valence electrons. The Labute approximate surface area is 172 Å². The number of methoxy groups -OCH3 is 6. The Morgan fingerprint density at radius 1 is 0.655 bits per heavy atom. The first kappa shape index (κ1) is 24.9. The molecule has 2 aliphatic heterocycles. The van der Waals surface area contributed by atoms with Crippen molar-refractivity contribution in [3.8, 4) is 0 Å². The summed E-state index contributed by atoms with van der Waals surface area (Å²) in [6, 6.07) is 0. The van der Waals surface area contributed by atoms with Crippen LogP contribution in [0.5, 0.6) is 0 Å². The predicted octanol–water partition coefficient (Wildman–Crippen LogP) is -0.402. The van der Waals surface area contributed by atoms with Crippen LogP contribution in [-0.2, 0) is 42.6 Å². The van der Waals surface area contributed by atoms with Crippen molar-refractivity contribution in [2.45, 2.75) is 68.1 Å². The Bertz CT molecular complexity index is 466. The Balaban J connectivity index is 2.29. The predicted molar refractivity (Wildman–Crippen MR) is 101 cm³/mol. The van der Waals surface area contributed by atoms with E-state index in [1.165, 1.54) is 0 Å². The SMILES string of the molecule is COC[C@@H]1O[C@@H](O[C@@H]2C(CO)O[C@@H](C)C(OC)[C@H]2OC)C(OC)C(OC)[C@@H]1OC. The molecule has 0 aromatic carbocycles. The van der Waals surface area contributed by atoms with Crippen LogP contribution in [0, 0.1) is 0 Å². The largest absolute Gasteiger partial charge is 0.394 e. The van der Waals surface area contributed by atoms with Gasteiger partial charge in [0.05, 0.1) is 19.3 Å². The average molecular weight is 424 g/mol. The molecule has 29 heavy (non-hydrogen) atoms. The summed E-state index contributed by atoms with van der Waals surface area (Å²) in [6.07, 6.45) is -5.15. The van der Waals surface area contributed by atoms with E-state index in [4.69, 9.17) is 42.6 Å². The van der Waals surface area contributed by atoms with Gasteiger partial charge in [0.15, 0.2) is 6.29 Å². The quantitative estimate of drug-likeness (QED) is 0.498. The van der Waals surface area contributed by atoms with Crippen LogP contribution in [-0.4, -0.2) is 122 Å². The van der Waals surface area contributed by atoms with Gasteiger partial charge in [-0.2, -0.15) is 0 Å². The van der Waals surface area contributed by atoms with Crippen LogP contribution < -0.4 is 0 Å². The van der Waals surface area contributed by atoms with E-state index in [-0.39, 0.29) is 25.4 Å². The highest BCUT2D eigenvalue weighted by atomic mass is 16.7. The Kier molecular flexibility index (Phi) is 10.2. The van der Waals surface area contributed by atoms with E-state index in [0.29, 0.717) is 0 Å². The molecule has 0 saturated carbocycles. The molecule has 2 heterocycles. The summed E-state index contributed by atoms with van der Waals surface area (Å²) in [5.74, 6) is 0. The molecule has 4 unspecified atom stereocenters. The van der Waals surface area contributed by atoms with Crippen molar-refractivity contribution in [3.05, 3.63) is 0 Å². The van der Waals surface area contributed by atoms with Crippen molar-refractivity contribution in [2.24, 2.45) is 0 Å². The molecular weight excluding hydrogens is 388 g/mol. The van der Waals surface area contributed by atoms with Crippen LogP contribution in [0.1, 0.15) is 6.92 Å². The lowest BCUT2D eigenvalue weighted by Crippen LogP contribution is -2.65. The number of hydrogen-bond acceptors (Lipinski definition) is 10. The minimum atomic E-state index is -0.831. The van der Waals surface area contributed by atoms with Gasteiger partial charge in [-0.05, 0) is 6.92 Å². The fourth-order valence-electron chi connectivity index (χ4n) is 4.24. The summed E-state index contributed by atoms with van der Waals surface area (Å²) in [7, 11) is 9.45. The van der Waals surface area contributed by atoms with Gasteiger partial charge >= 0.3 is 0 Å². The van der Waals surface area contributed by atoms with Gasteiger partial charge in [-0.1, -0.05) is 0 Å². The second-order valence-corrected chi connectivity index (χ2v) is 7.16. The van der Waals surface area contributed by atoms with Gasteiger partial charge in [-0.25, -0.2) is 0 Å². The summed E-state index contributed by atoms with van der Waals surface area (Å²) in [5.41, 5.74) is 0. The normalized spacial score (nSPS) is 43.4. The minimum absolute atomic E-state index is 0.244. The highest BCUT2D eigenvalue weighted by Gasteiger charge is 2.52. The molecule has 0 spiro atoms. The molecule has 0 aliphatic carbocycles. The van der Waals surface area contributed by atoms with Crippen LogP contribution in [0.2, 0.25) is 0 Å². The van der Waals surface area contributed by atoms with Crippen molar-refractivity contribution in [3.63, 3.8) is 0 Å². The maximum Gasteiger partial charge on any atom is 0.187 e. The molecule has 2 rings (SSSR count). The summed E-state index contributed by atoms with van der Waals surface area (Å²) in [4.78, 5) is 0. The monoisotopic (exact) mass is 424 g/mol. The highest BCUT2D eigenvalue weighted by Crippen LogP contribution is 2.33. The molecule has 0 aromatic heterocycles. The molecule has 0 amide bonds. The third-order valence-corrected chi connectivity index (χ3v) is 5.62. The van der Waals surface area contributed by atoms with E-state index in [1.807, 2.05) is 6.92 Å². The molecule has 1 N–H and O–H groups in total. The fourth-order valence-corrected chi connectivity index (χ4v) is 4.24. The van der Waals surface area contributed by atoms with E-state index in [9.17, 15) is 5.11 Å². The fraction of sp³-hybridized carbons (Fsp3) is 1.00. The first-order chi connectivity index (χ1) is 14.0. The number of ether oxygens (including phenoxy) is 9. The van der Waals surface area contributed by atoms with E-state index in [2.05, 4.69) is 0 Å². The van der Waals surface area contributed by atoms with Gasteiger partial charge in [0.1, 0.15) is 48.8 Å². The van der Waals surface area contributed by atoms with E-state index in [0.717, 1.165) is 0 Å². The number of aliphatic hydroxyl groups excluding tert-OH is 1. The van der Waals surface area contributed by atoms with Crippen LogP contribution >= 0.6 is 0 Å². The Morgan fingerprint density at radius 3 is 1.69 bits per heavy atom. The first-order valence-corrected chi connectivity index (χ1v) is 9.71. The smallest absolute Gasteiger partial charge is 0.187 e. The molecule has 2 aliphatic rings. The van der Waals surface area contributed by atoms with Crippen molar-refractivity contribution in [2.75, 3.05) is 55.9 Å². The van der Waals surface area contributed by atoms with Gasteiger partial charge in [0.25, 0.3) is 0 Å². The number of aliphatic hydroxyl groups is 1. The summed E-state index contributed by atoms with van der Waals surface area (Å²) < 4.78 is 51.7. The second kappa shape index (κ2) is 11.8. The Morgan fingerprint density at radius 2 is 1.21 bits per heavy atom. The van der Waals surface area contributed by atoms with Crippen molar-refractivity contribution in [1.82, 2.24) is 0 Å². The molecule has 10 heteroatoms. The topological polar surface area (TPSA) is 103 Å². The standard InChI is InChI=1S/C19H36O10/c1-10-13(22-3)16(24-5)15(11(8-20)27-10)29-19-18(26-7)17(25-6)14(23-4)12(28-19)9-21-2/h10-20H,8-9H2,1-7H3/t10-,11?,12-,13?,14+,15+,16+,17?,18?,19-/m0/s1. The van der Waals surface area contributed by atoms with Crippen LogP contribution in [0.4, 0.5) is 0 Å². The number of rotatable bonds is 10. The molecular formula is C19H36O10. The lowest BCUT2D eigenvalue weighted by Gasteiger charge is -2.49. The highest BCUT2D eigenvalue weighted by molar-refractivity contribution is 4.97. The maximum absolute atomic E-state index is 9.88. The zero-order valence-electron chi connectivity index (χ0n) is 18.3. The van der Waals surface area contributed by atoms with E-state index >= 15 is 0 Å². The van der Waals surface area contributed by atoms with Crippen LogP contribution in [0.3, 0.4) is 0 Å². The third-order valence-electron chi connectivity index (χ3n) is 5.62. The molecule has 0 radical (unpaired) electrons. The lowest BCUT2D eigenvalue weighted by molar-refractivity contribution is -0.350. The van der Waals surface area contributed by atoms with E-state index in [1.54, 1.807) is 42.7 Å². The molecule has 10 nitrogen and oxygen atoms in total. The summed E-state index contributed by atoms with van der Waals surface area (Å²) in [5, 5.41) is 9.88. The van der Waals surface area contributed by atoms with Crippen LogP contribution in [0.25, 0.3) is 0 Å². The van der Waals surface area contributed by atoms with Gasteiger partial charge in [0.2, 0.25) is 0 Å². The summed E-state index contributed by atoms with van der Waals surface area (Å²) >= 11 is 0. The zero-order chi connectivity index (χ0) is 21.6. The summed E-state index contributed by atoms with van der Waals surface area (Å²) in [6.45, 7) is 1.91. The Hall–Kier alpha value is -0.400. The zero-order valence-corrected chi connectivity index (χ0v) is 18.3. The number of hydrogen-bond donors (Lipinski definition) is 1. The van der Waals surface area contributed by atoms with Crippen molar-refractivity contribution < 1.29 is 47.7 Å². The second-order valence-electron chi connectivity index (χ2n) is 7.16. The molecule has 0 aromatic rings. The van der Waals surface area contributed by atoms with Gasteiger partial charge in [-0.3, -0.25) is 0 Å². The van der Waals surface area contributed by atoms with Gasteiger partial charge in [-0.15, -0.1) is 0 Å². The molecule has 2 fully saturated rings. The van der Waals surface area contributed by atoms with Crippen LogP contribution in [0.15, 0.2) is 0 Å². The van der Waals surface area contributed by atoms with Crippen molar-refractivity contribution in [1.29, 1.82) is 0 Å². The maximum atomic E-state index is 9.88. The van der Waals surface area contributed by atoms with Gasteiger partial charge in [0, 0.05) is 42.7 Å². The molecule has 0 bridgehead atoms.